The molecule has 106 valence electrons. The van der Waals surface area contributed by atoms with E-state index < -0.39 is 0 Å². The zero-order valence-corrected chi connectivity index (χ0v) is 13.8. The summed E-state index contributed by atoms with van der Waals surface area (Å²) >= 11 is 5.28. The zero-order valence-electron chi connectivity index (χ0n) is 11.4. The maximum atomic E-state index is 5.85. The van der Waals surface area contributed by atoms with Gasteiger partial charge in [0.25, 0.3) is 0 Å². The van der Waals surface area contributed by atoms with Crippen molar-refractivity contribution in [2.24, 2.45) is 0 Å². The van der Waals surface area contributed by atoms with E-state index in [1.165, 1.54) is 18.4 Å². The first-order valence-corrected chi connectivity index (χ1v) is 8.37. The first-order valence-electron chi connectivity index (χ1n) is 6.76. The molecule has 3 rings (SSSR count). The molecule has 0 unspecified atom stereocenters. The highest BCUT2D eigenvalue weighted by Crippen LogP contribution is 2.26. The lowest BCUT2D eigenvalue weighted by Crippen LogP contribution is -2.15. The molecule has 0 bridgehead atoms. The lowest BCUT2D eigenvalue weighted by atomic mass is 10.2. The molecule has 1 aliphatic carbocycles. The number of nitrogens with zero attached hydrogens (tertiary/aromatic N) is 1. The summed E-state index contributed by atoms with van der Waals surface area (Å²) in [7, 11) is 0. The molecule has 3 nitrogen and oxygen atoms in total. The van der Waals surface area contributed by atoms with E-state index in [0.717, 1.165) is 26.7 Å². The third kappa shape index (κ3) is 3.81. The summed E-state index contributed by atoms with van der Waals surface area (Å²) in [4.78, 5) is 5.39. The summed E-state index contributed by atoms with van der Waals surface area (Å²) in [5.74, 6) is 0.909. The minimum absolute atomic E-state index is 0.586. The molecular weight excluding hydrogens is 336 g/mol. The van der Waals surface area contributed by atoms with Gasteiger partial charge in [0, 0.05) is 23.3 Å². The molecule has 1 fully saturated rings. The third-order valence-electron chi connectivity index (χ3n) is 3.23. The Hall–Kier alpha value is -0.910. The van der Waals surface area contributed by atoms with E-state index in [1.807, 2.05) is 19.2 Å². The Kier molecular flexibility index (Phi) is 4.38. The number of hydrogen-bond donors (Lipinski definition) is 1. The summed E-state index contributed by atoms with van der Waals surface area (Å²) in [6, 6.07) is 6.87. The Morgan fingerprint density at radius 2 is 2.30 bits per heavy atom. The molecule has 1 aliphatic rings. The van der Waals surface area contributed by atoms with Crippen LogP contribution in [0.2, 0.25) is 0 Å². The van der Waals surface area contributed by atoms with Crippen LogP contribution in [0.25, 0.3) is 0 Å². The molecule has 1 aromatic heterocycles. The maximum absolute atomic E-state index is 5.85. The Morgan fingerprint density at radius 1 is 1.45 bits per heavy atom. The van der Waals surface area contributed by atoms with Crippen LogP contribution in [0.5, 0.6) is 5.75 Å². The van der Waals surface area contributed by atoms with Crippen LogP contribution in [0.3, 0.4) is 0 Å². The van der Waals surface area contributed by atoms with E-state index in [0.29, 0.717) is 12.6 Å². The molecule has 1 heterocycles. The molecule has 1 N–H and O–H groups in total. The fourth-order valence-corrected chi connectivity index (χ4v) is 3.04. The van der Waals surface area contributed by atoms with Crippen molar-refractivity contribution in [3.63, 3.8) is 0 Å². The summed E-state index contributed by atoms with van der Waals surface area (Å²) in [6.07, 6.45) is 4.49. The van der Waals surface area contributed by atoms with Gasteiger partial charge < -0.3 is 10.1 Å². The van der Waals surface area contributed by atoms with Crippen LogP contribution < -0.4 is 10.1 Å². The summed E-state index contributed by atoms with van der Waals surface area (Å²) in [5, 5.41) is 4.60. The Morgan fingerprint density at radius 3 is 3.00 bits per heavy atom. The van der Waals surface area contributed by atoms with Gasteiger partial charge in [-0.1, -0.05) is 15.9 Å². The zero-order chi connectivity index (χ0) is 13.9. The van der Waals surface area contributed by atoms with Crippen molar-refractivity contribution >= 4 is 27.3 Å². The van der Waals surface area contributed by atoms with Crippen molar-refractivity contribution < 1.29 is 4.74 Å². The highest BCUT2D eigenvalue weighted by Gasteiger charge is 2.20. The molecule has 1 saturated carbocycles. The van der Waals surface area contributed by atoms with E-state index in [2.05, 4.69) is 38.4 Å². The standard InChI is InChI=1S/C15H17BrN2OS/c1-10-17-8-14(20-10)9-19-13-4-5-15(16)11(6-13)7-18-12-2-3-12/h4-6,8,12,18H,2-3,7,9H2,1H3. The average Bonchev–Trinajstić information content (AvgIpc) is 3.18. The van der Waals surface area contributed by atoms with Gasteiger partial charge in [-0.05, 0) is 43.5 Å². The first-order chi connectivity index (χ1) is 9.70. The van der Waals surface area contributed by atoms with Crippen LogP contribution in [0.4, 0.5) is 0 Å². The number of thiazole rings is 1. The molecule has 0 radical (unpaired) electrons. The van der Waals surface area contributed by atoms with Gasteiger partial charge in [0.1, 0.15) is 12.4 Å². The Bertz CT molecular complexity index is 595. The molecule has 5 heteroatoms. The number of rotatable bonds is 6. The second-order valence-electron chi connectivity index (χ2n) is 5.04. The van der Waals surface area contributed by atoms with E-state index in [-0.39, 0.29) is 0 Å². The molecule has 2 aromatic rings. The molecule has 0 aliphatic heterocycles. The summed E-state index contributed by atoms with van der Waals surface area (Å²) < 4.78 is 6.98. The molecule has 20 heavy (non-hydrogen) atoms. The average molecular weight is 353 g/mol. The number of aromatic nitrogens is 1. The van der Waals surface area contributed by atoms with Gasteiger partial charge in [0.15, 0.2) is 0 Å². The molecule has 0 amide bonds. The lowest BCUT2D eigenvalue weighted by Gasteiger charge is -2.10. The predicted molar refractivity (Wildman–Crippen MR) is 85.2 cm³/mol. The van der Waals surface area contributed by atoms with Crippen molar-refractivity contribution in [2.75, 3.05) is 0 Å². The Balaban J connectivity index is 1.61. The van der Waals surface area contributed by atoms with Crippen molar-refractivity contribution in [3.05, 3.63) is 44.3 Å². The van der Waals surface area contributed by atoms with Gasteiger partial charge in [-0.15, -0.1) is 11.3 Å². The second kappa shape index (κ2) is 6.24. The highest BCUT2D eigenvalue weighted by molar-refractivity contribution is 9.10. The quantitative estimate of drug-likeness (QED) is 0.851. The fraction of sp³-hybridized carbons (Fsp3) is 0.400. The van der Waals surface area contributed by atoms with Crippen molar-refractivity contribution in [2.45, 2.75) is 39.0 Å². The van der Waals surface area contributed by atoms with Gasteiger partial charge in [-0.2, -0.15) is 0 Å². The molecule has 0 spiro atoms. The Labute approximate surface area is 131 Å². The predicted octanol–water partition coefficient (Wildman–Crippen LogP) is 4.05. The minimum Gasteiger partial charge on any atom is -0.488 e. The lowest BCUT2D eigenvalue weighted by molar-refractivity contribution is 0.309. The van der Waals surface area contributed by atoms with Crippen LogP contribution in [-0.2, 0) is 13.2 Å². The van der Waals surface area contributed by atoms with Crippen LogP contribution in [0.1, 0.15) is 28.3 Å². The van der Waals surface area contributed by atoms with Gasteiger partial charge in [-0.3, -0.25) is 0 Å². The summed E-state index contributed by atoms with van der Waals surface area (Å²) in [5.41, 5.74) is 1.25. The third-order valence-corrected chi connectivity index (χ3v) is 4.89. The van der Waals surface area contributed by atoms with Gasteiger partial charge in [0.05, 0.1) is 9.88 Å². The number of aryl methyl sites for hydroxylation is 1. The van der Waals surface area contributed by atoms with Gasteiger partial charge >= 0.3 is 0 Å². The molecule has 0 saturated heterocycles. The molecule has 1 aromatic carbocycles. The van der Waals surface area contributed by atoms with Gasteiger partial charge in [-0.25, -0.2) is 4.98 Å². The second-order valence-corrected chi connectivity index (χ2v) is 7.22. The molecular formula is C15H17BrN2OS. The fourth-order valence-electron chi connectivity index (χ4n) is 1.94. The topological polar surface area (TPSA) is 34.1 Å². The van der Waals surface area contributed by atoms with E-state index in [9.17, 15) is 0 Å². The van der Waals surface area contributed by atoms with Crippen molar-refractivity contribution in [1.82, 2.24) is 10.3 Å². The number of halogens is 1. The van der Waals surface area contributed by atoms with Gasteiger partial charge in [0.2, 0.25) is 0 Å². The maximum Gasteiger partial charge on any atom is 0.124 e. The highest BCUT2D eigenvalue weighted by atomic mass is 79.9. The number of benzene rings is 1. The molecule has 0 atom stereocenters. The monoisotopic (exact) mass is 352 g/mol. The van der Waals surface area contributed by atoms with E-state index >= 15 is 0 Å². The van der Waals surface area contributed by atoms with E-state index in [4.69, 9.17) is 4.74 Å². The van der Waals surface area contributed by atoms with Crippen LogP contribution in [-0.4, -0.2) is 11.0 Å². The number of ether oxygens (including phenoxy) is 1. The first kappa shape index (κ1) is 14.0. The van der Waals surface area contributed by atoms with Crippen LogP contribution in [0, 0.1) is 6.92 Å². The van der Waals surface area contributed by atoms with Crippen LogP contribution >= 0.6 is 27.3 Å². The summed E-state index contributed by atoms with van der Waals surface area (Å²) in [6.45, 7) is 3.49. The number of nitrogens with one attached hydrogen (secondary N) is 1. The smallest absolute Gasteiger partial charge is 0.124 e. The van der Waals surface area contributed by atoms with Crippen LogP contribution in [0.15, 0.2) is 28.9 Å². The van der Waals surface area contributed by atoms with E-state index in [1.54, 1.807) is 11.3 Å². The normalized spacial score (nSPS) is 14.5. The largest absolute Gasteiger partial charge is 0.488 e. The minimum atomic E-state index is 0.586. The number of hydrogen-bond acceptors (Lipinski definition) is 4. The van der Waals surface area contributed by atoms with Crippen molar-refractivity contribution in [1.29, 1.82) is 0 Å². The van der Waals surface area contributed by atoms with Crippen molar-refractivity contribution in [3.8, 4) is 5.75 Å². The SMILES string of the molecule is Cc1ncc(COc2ccc(Br)c(CNC3CC3)c2)s1.